The highest BCUT2D eigenvalue weighted by Gasteiger charge is 2.39. The Balaban J connectivity index is 4.36. The van der Waals surface area contributed by atoms with E-state index in [1.165, 1.54) is 0 Å². The molecule has 2 radical (unpaired) electrons. The Hall–Kier alpha value is 0.274. The number of nitrogens with two attached hydrogens (primary N) is 1. The van der Waals surface area contributed by atoms with Gasteiger partial charge in [-0.1, -0.05) is 13.8 Å². The number of hydrogen-bond acceptors (Lipinski definition) is 4. The fraction of sp³-hybridized carbons (Fsp3) is 1.00. The number of hydrogen-bond donors (Lipinski definition) is 1. The SMILES string of the molecule is CCO[Si](CCCN)(OCC)O[Si]C(C)C. The minimum absolute atomic E-state index is 0.442. The predicted octanol–water partition coefficient (Wildman–Crippen LogP) is 1.81. The van der Waals surface area contributed by atoms with Crippen molar-refractivity contribution in [2.45, 2.75) is 45.7 Å². The van der Waals surface area contributed by atoms with E-state index in [0.717, 1.165) is 12.5 Å². The van der Waals surface area contributed by atoms with E-state index < -0.39 is 8.80 Å². The van der Waals surface area contributed by atoms with Gasteiger partial charge in [0.1, 0.15) is 0 Å². The third kappa shape index (κ3) is 6.77. The zero-order chi connectivity index (χ0) is 12.4. The van der Waals surface area contributed by atoms with Crippen molar-refractivity contribution in [1.82, 2.24) is 0 Å². The second-order valence-electron chi connectivity index (χ2n) is 3.82. The van der Waals surface area contributed by atoms with Gasteiger partial charge in [0, 0.05) is 19.3 Å². The van der Waals surface area contributed by atoms with Crippen LogP contribution in [0.2, 0.25) is 11.6 Å². The third-order valence-electron chi connectivity index (χ3n) is 1.87. The smallest absolute Gasteiger partial charge is 0.415 e. The van der Waals surface area contributed by atoms with Gasteiger partial charge in [-0.25, -0.2) is 0 Å². The van der Waals surface area contributed by atoms with Crippen LogP contribution in [0.4, 0.5) is 0 Å². The van der Waals surface area contributed by atoms with Gasteiger partial charge in [0.05, 0.1) is 0 Å². The Morgan fingerprint density at radius 2 is 1.75 bits per heavy atom. The summed E-state index contributed by atoms with van der Waals surface area (Å²) in [4.78, 5) is 0. The van der Waals surface area contributed by atoms with Crippen LogP contribution in [0.3, 0.4) is 0 Å². The van der Waals surface area contributed by atoms with Crippen LogP contribution in [0.15, 0.2) is 0 Å². The third-order valence-corrected chi connectivity index (χ3v) is 6.48. The van der Waals surface area contributed by atoms with Crippen molar-refractivity contribution in [3.05, 3.63) is 0 Å². The second-order valence-corrected chi connectivity index (χ2v) is 8.47. The molecule has 16 heavy (non-hydrogen) atoms. The van der Waals surface area contributed by atoms with Gasteiger partial charge in [-0.2, -0.15) is 0 Å². The summed E-state index contributed by atoms with van der Waals surface area (Å²) in [5, 5.41) is 0. The molecule has 96 valence electrons. The van der Waals surface area contributed by atoms with Gasteiger partial charge in [0.25, 0.3) is 0 Å². The Bertz CT molecular complexity index is 164. The summed E-state index contributed by atoms with van der Waals surface area (Å²) in [5.74, 6) is 0. The van der Waals surface area contributed by atoms with Crippen molar-refractivity contribution in [2.24, 2.45) is 5.73 Å². The lowest BCUT2D eigenvalue weighted by molar-refractivity contribution is 0.117. The van der Waals surface area contributed by atoms with Crippen LogP contribution < -0.4 is 5.73 Å². The van der Waals surface area contributed by atoms with E-state index in [1.54, 1.807) is 0 Å². The average Bonchev–Trinajstić information content (AvgIpc) is 2.24. The molecular formula is C10H25NO3Si2. The standard InChI is InChI=1S/C10H25NO3Si2/c1-5-12-16(13-6-2,9-7-8-11)14-15-10(3)4/h10H,5-9,11H2,1-4H3. The van der Waals surface area contributed by atoms with Gasteiger partial charge in [-0.3, -0.25) is 0 Å². The normalized spacial score (nSPS) is 12.4. The van der Waals surface area contributed by atoms with Gasteiger partial charge >= 0.3 is 8.80 Å². The zero-order valence-electron chi connectivity index (χ0n) is 10.9. The molecule has 0 fully saturated rings. The summed E-state index contributed by atoms with van der Waals surface area (Å²) in [6.45, 7) is 10.2. The maximum atomic E-state index is 5.94. The van der Waals surface area contributed by atoms with Gasteiger partial charge in [0.15, 0.2) is 0 Å². The molecule has 0 heterocycles. The molecule has 0 spiro atoms. The highest BCUT2D eigenvalue weighted by Crippen LogP contribution is 2.18. The van der Waals surface area contributed by atoms with Crippen LogP contribution in [0.5, 0.6) is 0 Å². The van der Waals surface area contributed by atoms with Crippen LogP contribution in [0, 0.1) is 0 Å². The molecule has 0 rings (SSSR count). The summed E-state index contributed by atoms with van der Waals surface area (Å²) >= 11 is 0. The Morgan fingerprint density at radius 3 is 2.12 bits per heavy atom. The lowest BCUT2D eigenvalue weighted by Crippen LogP contribution is -2.47. The van der Waals surface area contributed by atoms with E-state index in [4.69, 9.17) is 18.7 Å². The molecule has 0 aliphatic rings. The van der Waals surface area contributed by atoms with Crippen molar-refractivity contribution in [2.75, 3.05) is 19.8 Å². The van der Waals surface area contributed by atoms with E-state index >= 15 is 0 Å². The van der Waals surface area contributed by atoms with Crippen LogP contribution in [0.1, 0.15) is 34.1 Å². The lowest BCUT2D eigenvalue weighted by atomic mass is 10.5. The number of rotatable bonds is 10. The van der Waals surface area contributed by atoms with Crippen molar-refractivity contribution >= 4 is 18.6 Å². The monoisotopic (exact) mass is 263 g/mol. The molecular weight excluding hydrogens is 238 g/mol. The zero-order valence-corrected chi connectivity index (χ0v) is 12.9. The molecule has 2 N–H and O–H groups in total. The summed E-state index contributed by atoms with van der Waals surface area (Å²) in [6.07, 6.45) is 0.898. The molecule has 0 saturated carbocycles. The molecule has 4 nitrogen and oxygen atoms in total. The van der Waals surface area contributed by atoms with Crippen molar-refractivity contribution in [3.8, 4) is 0 Å². The largest absolute Gasteiger partial charge is 0.490 e. The summed E-state index contributed by atoms with van der Waals surface area (Å²) in [5.41, 5.74) is 6.06. The molecule has 0 aliphatic heterocycles. The first-order valence-electron chi connectivity index (χ1n) is 6.01. The molecule has 0 aliphatic carbocycles. The van der Waals surface area contributed by atoms with Crippen LogP contribution >= 0.6 is 0 Å². The molecule has 0 amide bonds. The minimum Gasteiger partial charge on any atom is -0.415 e. The first-order valence-corrected chi connectivity index (χ1v) is 8.93. The quantitative estimate of drug-likeness (QED) is 0.611. The highest BCUT2D eigenvalue weighted by atomic mass is 28.4. The fourth-order valence-electron chi connectivity index (χ4n) is 1.26. The van der Waals surface area contributed by atoms with Crippen LogP contribution in [0.25, 0.3) is 0 Å². The van der Waals surface area contributed by atoms with Gasteiger partial charge in [-0.15, -0.1) is 0 Å². The maximum Gasteiger partial charge on any atom is 0.490 e. The van der Waals surface area contributed by atoms with E-state index in [-0.39, 0.29) is 0 Å². The Kier molecular flexibility index (Phi) is 9.48. The van der Waals surface area contributed by atoms with Crippen molar-refractivity contribution in [3.63, 3.8) is 0 Å². The molecule has 0 aromatic rings. The van der Waals surface area contributed by atoms with Crippen molar-refractivity contribution in [1.29, 1.82) is 0 Å². The van der Waals surface area contributed by atoms with Gasteiger partial charge in [0.2, 0.25) is 9.76 Å². The Labute approximate surface area is 103 Å². The minimum atomic E-state index is -2.45. The molecule has 0 aromatic carbocycles. The van der Waals surface area contributed by atoms with E-state index in [0.29, 0.717) is 35.1 Å². The summed E-state index contributed by atoms with van der Waals surface area (Å²) < 4.78 is 17.5. The molecule has 0 bridgehead atoms. The summed E-state index contributed by atoms with van der Waals surface area (Å²) in [6, 6.07) is 0.824. The predicted molar refractivity (Wildman–Crippen MR) is 69.4 cm³/mol. The maximum absolute atomic E-state index is 5.94. The molecule has 6 heteroatoms. The summed E-state index contributed by atoms with van der Waals surface area (Å²) in [7, 11) is -2.01. The molecule has 0 atom stereocenters. The Morgan fingerprint density at radius 1 is 1.19 bits per heavy atom. The molecule has 0 saturated heterocycles. The van der Waals surface area contributed by atoms with Crippen molar-refractivity contribution < 1.29 is 13.0 Å². The highest BCUT2D eigenvalue weighted by molar-refractivity contribution is 6.66. The van der Waals surface area contributed by atoms with E-state index in [1.807, 2.05) is 13.8 Å². The first-order chi connectivity index (χ1) is 7.60. The average molecular weight is 263 g/mol. The first kappa shape index (κ1) is 16.3. The van der Waals surface area contributed by atoms with E-state index in [9.17, 15) is 0 Å². The van der Waals surface area contributed by atoms with Gasteiger partial charge in [-0.05, 0) is 32.4 Å². The molecule has 0 unspecified atom stereocenters. The van der Waals surface area contributed by atoms with Crippen LogP contribution in [-0.2, 0) is 13.0 Å². The fourth-order valence-corrected chi connectivity index (χ4v) is 5.69. The topological polar surface area (TPSA) is 53.7 Å². The van der Waals surface area contributed by atoms with Gasteiger partial charge < -0.3 is 18.7 Å². The lowest BCUT2D eigenvalue weighted by Gasteiger charge is -2.29. The van der Waals surface area contributed by atoms with E-state index in [2.05, 4.69) is 13.8 Å². The molecule has 0 aromatic heterocycles. The second kappa shape index (κ2) is 9.32. The van der Waals surface area contributed by atoms with Crippen LogP contribution in [-0.4, -0.2) is 38.3 Å².